The van der Waals surface area contributed by atoms with E-state index in [9.17, 15) is 4.79 Å². The summed E-state index contributed by atoms with van der Waals surface area (Å²) in [5.41, 5.74) is 1.00. The maximum atomic E-state index is 11.8. The van der Waals surface area contributed by atoms with Gasteiger partial charge < -0.3 is 10.6 Å². The Morgan fingerprint density at radius 1 is 1.25 bits per heavy atom. The minimum absolute atomic E-state index is 0.00634. The van der Waals surface area contributed by atoms with E-state index in [1.165, 1.54) is 0 Å². The van der Waals surface area contributed by atoms with Crippen LogP contribution < -0.4 is 10.6 Å². The van der Waals surface area contributed by atoms with Crippen molar-refractivity contribution < 1.29 is 4.79 Å². The Bertz CT molecular complexity index is 322. The highest BCUT2D eigenvalue weighted by atomic mass is 16.2. The van der Waals surface area contributed by atoms with Gasteiger partial charge in [-0.3, -0.25) is 4.79 Å². The quantitative estimate of drug-likeness (QED) is 0.793. The van der Waals surface area contributed by atoms with Crippen molar-refractivity contribution in [3.8, 4) is 0 Å². The number of carbonyl (C=O) groups is 1. The molecule has 2 N–H and O–H groups in total. The summed E-state index contributed by atoms with van der Waals surface area (Å²) < 4.78 is 0. The van der Waals surface area contributed by atoms with E-state index in [-0.39, 0.29) is 11.9 Å². The van der Waals surface area contributed by atoms with E-state index >= 15 is 0 Å². The Morgan fingerprint density at radius 2 is 1.88 bits per heavy atom. The third-order valence-corrected chi connectivity index (χ3v) is 2.37. The lowest BCUT2D eigenvalue weighted by molar-refractivity contribution is -0.122. The van der Waals surface area contributed by atoms with Gasteiger partial charge in [-0.2, -0.15) is 0 Å². The van der Waals surface area contributed by atoms with Crippen molar-refractivity contribution in [2.45, 2.75) is 19.9 Å². The smallest absolute Gasteiger partial charge is 0.241 e. The number of benzene rings is 1. The van der Waals surface area contributed by atoms with Gasteiger partial charge in [-0.1, -0.05) is 44.2 Å². The molecule has 1 amide bonds. The van der Waals surface area contributed by atoms with E-state index in [0.29, 0.717) is 5.92 Å². The van der Waals surface area contributed by atoms with Crippen LogP contribution in [0, 0.1) is 5.92 Å². The number of nitrogens with one attached hydrogen (secondary N) is 2. The molecule has 0 unspecified atom stereocenters. The fraction of sp³-hybridized carbons (Fsp3) is 0.462. The van der Waals surface area contributed by atoms with E-state index in [1.54, 1.807) is 7.05 Å². The maximum absolute atomic E-state index is 11.8. The molecule has 1 atom stereocenters. The molecule has 0 aliphatic heterocycles. The number of hydrogen-bond donors (Lipinski definition) is 2. The largest absolute Gasteiger partial charge is 0.358 e. The Morgan fingerprint density at radius 3 is 2.38 bits per heavy atom. The van der Waals surface area contributed by atoms with Gasteiger partial charge in [-0.15, -0.1) is 0 Å². The molecule has 0 aliphatic rings. The van der Waals surface area contributed by atoms with E-state index in [4.69, 9.17) is 0 Å². The van der Waals surface area contributed by atoms with E-state index in [0.717, 1.165) is 12.1 Å². The van der Waals surface area contributed by atoms with Crippen LogP contribution in [0.15, 0.2) is 30.3 Å². The minimum Gasteiger partial charge on any atom is -0.358 e. The van der Waals surface area contributed by atoms with Crippen LogP contribution in [0.3, 0.4) is 0 Å². The summed E-state index contributed by atoms with van der Waals surface area (Å²) in [5, 5.41) is 5.96. The highest BCUT2D eigenvalue weighted by Crippen LogP contribution is 2.12. The van der Waals surface area contributed by atoms with Gasteiger partial charge in [-0.05, 0) is 18.0 Å². The molecule has 1 rings (SSSR count). The first-order valence-corrected chi connectivity index (χ1v) is 5.65. The SMILES string of the molecule is CNC(=O)[C@H](NCC(C)C)c1ccccc1. The molecule has 3 nitrogen and oxygen atoms in total. The first kappa shape index (κ1) is 12.7. The molecule has 88 valence electrons. The Kier molecular flexibility index (Phi) is 4.99. The molecule has 1 aromatic rings. The van der Waals surface area contributed by atoms with Crippen molar-refractivity contribution in [1.29, 1.82) is 0 Å². The summed E-state index contributed by atoms with van der Waals surface area (Å²) in [5.74, 6) is 0.530. The predicted molar refractivity (Wildman–Crippen MR) is 66.1 cm³/mol. The topological polar surface area (TPSA) is 41.1 Å². The second kappa shape index (κ2) is 6.28. The molecular formula is C13H20N2O. The van der Waals surface area contributed by atoms with E-state index in [2.05, 4.69) is 24.5 Å². The lowest BCUT2D eigenvalue weighted by Gasteiger charge is -2.18. The molecule has 0 bridgehead atoms. The van der Waals surface area contributed by atoms with Gasteiger partial charge in [-0.25, -0.2) is 0 Å². The van der Waals surface area contributed by atoms with Crippen LogP contribution in [0.4, 0.5) is 0 Å². The molecule has 0 fully saturated rings. The van der Waals surface area contributed by atoms with Crippen LogP contribution in [-0.4, -0.2) is 19.5 Å². The van der Waals surface area contributed by atoms with Gasteiger partial charge >= 0.3 is 0 Å². The van der Waals surface area contributed by atoms with Gasteiger partial charge in [0.05, 0.1) is 0 Å². The van der Waals surface area contributed by atoms with Gasteiger partial charge in [0.25, 0.3) is 0 Å². The summed E-state index contributed by atoms with van der Waals surface area (Å²) in [6.45, 7) is 5.07. The summed E-state index contributed by atoms with van der Waals surface area (Å²) in [4.78, 5) is 11.8. The third kappa shape index (κ3) is 3.66. The fourth-order valence-electron chi connectivity index (χ4n) is 1.51. The van der Waals surface area contributed by atoms with Crippen LogP contribution in [0.2, 0.25) is 0 Å². The molecule has 3 heteroatoms. The highest BCUT2D eigenvalue weighted by molar-refractivity contribution is 5.82. The molecular weight excluding hydrogens is 200 g/mol. The molecule has 0 aliphatic carbocycles. The molecule has 0 heterocycles. The lowest BCUT2D eigenvalue weighted by atomic mass is 10.1. The van der Waals surface area contributed by atoms with Crippen molar-refractivity contribution in [2.24, 2.45) is 5.92 Å². The zero-order valence-electron chi connectivity index (χ0n) is 10.2. The lowest BCUT2D eigenvalue weighted by Crippen LogP contribution is -2.37. The number of hydrogen-bond acceptors (Lipinski definition) is 2. The van der Waals surface area contributed by atoms with Crippen LogP contribution >= 0.6 is 0 Å². The Labute approximate surface area is 97.2 Å². The van der Waals surface area contributed by atoms with Crippen molar-refractivity contribution in [3.63, 3.8) is 0 Å². The first-order chi connectivity index (χ1) is 7.65. The molecule has 0 spiro atoms. The highest BCUT2D eigenvalue weighted by Gasteiger charge is 2.18. The van der Waals surface area contributed by atoms with Crippen molar-refractivity contribution in [3.05, 3.63) is 35.9 Å². The number of carbonyl (C=O) groups excluding carboxylic acids is 1. The van der Waals surface area contributed by atoms with Gasteiger partial charge in [0.2, 0.25) is 5.91 Å². The van der Waals surface area contributed by atoms with Crippen LogP contribution in [0.1, 0.15) is 25.5 Å². The molecule has 1 aromatic carbocycles. The van der Waals surface area contributed by atoms with Crippen LogP contribution in [0.25, 0.3) is 0 Å². The summed E-state index contributed by atoms with van der Waals surface area (Å²) in [7, 11) is 1.66. The second-order valence-corrected chi connectivity index (χ2v) is 4.26. The maximum Gasteiger partial charge on any atom is 0.241 e. The normalized spacial score (nSPS) is 12.5. The molecule has 0 saturated carbocycles. The first-order valence-electron chi connectivity index (χ1n) is 5.65. The number of rotatable bonds is 5. The average molecular weight is 220 g/mol. The van der Waals surface area contributed by atoms with Gasteiger partial charge in [0, 0.05) is 7.05 Å². The molecule has 16 heavy (non-hydrogen) atoms. The standard InChI is InChI=1S/C13H20N2O/c1-10(2)9-15-12(13(16)14-3)11-7-5-4-6-8-11/h4-8,10,12,15H,9H2,1-3H3,(H,14,16)/t12-/m1/s1. The number of likely N-dealkylation sites (N-methyl/N-ethyl adjacent to an activating group) is 1. The van der Waals surface area contributed by atoms with Gasteiger partial charge in [0.15, 0.2) is 0 Å². The summed E-state index contributed by atoms with van der Waals surface area (Å²) in [6, 6.07) is 9.52. The van der Waals surface area contributed by atoms with Crippen molar-refractivity contribution >= 4 is 5.91 Å². The summed E-state index contributed by atoms with van der Waals surface area (Å²) in [6.07, 6.45) is 0. The molecule has 0 saturated heterocycles. The zero-order valence-corrected chi connectivity index (χ0v) is 10.2. The van der Waals surface area contributed by atoms with Crippen LogP contribution in [-0.2, 0) is 4.79 Å². The Hall–Kier alpha value is -1.35. The van der Waals surface area contributed by atoms with Crippen LogP contribution in [0.5, 0.6) is 0 Å². The second-order valence-electron chi connectivity index (χ2n) is 4.26. The minimum atomic E-state index is -0.256. The van der Waals surface area contributed by atoms with E-state index < -0.39 is 0 Å². The molecule has 0 aromatic heterocycles. The third-order valence-electron chi connectivity index (χ3n) is 2.37. The zero-order chi connectivity index (χ0) is 12.0. The van der Waals surface area contributed by atoms with E-state index in [1.807, 2.05) is 30.3 Å². The monoisotopic (exact) mass is 220 g/mol. The van der Waals surface area contributed by atoms with Crippen molar-refractivity contribution in [1.82, 2.24) is 10.6 Å². The molecule has 0 radical (unpaired) electrons. The number of amides is 1. The van der Waals surface area contributed by atoms with Gasteiger partial charge in [0.1, 0.15) is 6.04 Å². The summed E-state index contributed by atoms with van der Waals surface area (Å²) >= 11 is 0. The average Bonchev–Trinajstić information content (AvgIpc) is 2.30. The van der Waals surface area contributed by atoms with Crippen molar-refractivity contribution in [2.75, 3.05) is 13.6 Å². The fourth-order valence-corrected chi connectivity index (χ4v) is 1.51. The predicted octanol–water partition coefficient (Wildman–Crippen LogP) is 1.72. The Balaban J connectivity index is 2.76.